The number of carbonyl (C=O) groups excluding carboxylic acids is 1. The van der Waals surface area contributed by atoms with Crippen molar-refractivity contribution in [1.82, 2.24) is 15.5 Å². The first-order chi connectivity index (χ1) is 8.18. The molecule has 4 nitrogen and oxygen atoms in total. The summed E-state index contributed by atoms with van der Waals surface area (Å²) in [4.78, 5) is 13.0. The van der Waals surface area contributed by atoms with Crippen molar-refractivity contribution in [2.24, 2.45) is 5.92 Å². The molecule has 0 unspecified atom stereocenters. The quantitative estimate of drug-likeness (QED) is 0.874. The van der Waals surface area contributed by atoms with Gasteiger partial charge in [0, 0.05) is 6.54 Å². The Morgan fingerprint density at radius 3 is 3.06 bits per heavy atom. The monoisotopic (exact) mass is 249 g/mol. The first-order valence-electron chi connectivity index (χ1n) is 5.54. The van der Waals surface area contributed by atoms with E-state index in [1.54, 1.807) is 17.5 Å². The largest absolute Gasteiger partial charge is 0.352 e. The van der Waals surface area contributed by atoms with Gasteiger partial charge in [-0.25, -0.2) is 0 Å². The van der Waals surface area contributed by atoms with Crippen LogP contribution in [0.25, 0.3) is 10.6 Å². The molecule has 1 amide bonds. The summed E-state index contributed by atoms with van der Waals surface area (Å²) in [7, 11) is 0. The van der Waals surface area contributed by atoms with Crippen LogP contribution in [0, 0.1) is 5.92 Å². The number of thiophene rings is 1. The first-order valence-corrected chi connectivity index (χ1v) is 6.42. The van der Waals surface area contributed by atoms with Gasteiger partial charge in [0.2, 0.25) is 0 Å². The molecular weight excluding hydrogens is 234 g/mol. The average Bonchev–Trinajstić information content (AvgIpc) is 2.94. The highest BCUT2D eigenvalue weighted by molar-refractivity contribution is 7.13. The number of hydrogen-bond acceptors (Lipinski definition) is 3. The summed E-state index contributed by atoms with van der Waals surface area (Å²) in [5.41, 5.74) is 1.40. The summed E-state index contributed by atoms with van der Waals surface area (Å²) >= 11 is 1.59. The Morgan fingerprint density at radius 2 is 2.41 bits per heavy atom. The van der Waals surface area contributed by atoms with Crippen molar-refractivity contribution in [3.63, 3.8) is 0 Å². The van der Waals surface area contributed by atoms with Crippen LogP contribution in [0.5, 0.6) is 0 Å². The molecular formula is C12H15N3OS. The predicted molar refractivity (Wildman–Crippen MR) is 69.1 cm³/mol. The summed E-state index contributed by atoms with van der Waals surface area (Å²) in [6.07, 6.45) is 1.57. The van der Waals surface area contributed by atoms with Crippen LogP contribution in [0.3, 0.4) is 0 Å². The number of aromatic nitrogens is 2. The standard InChI is InChI=1S/C12H15N3OS/c1-8(2)6-13-12(16)9-7-14-15-11(9)10-4-3-5-17-10/h3-5,7-8H,6H2,1-2H3,(H,13,16)(H,14,15). The topological polar surface area (TPSA) is 57.8 Å². The smallest absolute Gasteiger partial charge is 0.255 e. The minimum Gasteiger partial charge on any atom is -0.352 e. The van der Waals surface area contributed by atoms with Crippen LogP contribution in [-0.4, -0.2) is 22.6 Å². The Bertz CT molecular complexity index is 488. The molecule has 2 aromatic rings. The molecule has 0 aliphatic heterocycles. The summed E-state index contributed by atoms with van der Waals surface area (Å²) in [6.45, 7) is 4.81. The molecule has 2 N–H and O–H groups in total. The van der Waals surface area contributed by atoms with Crippen LogP contribution < -0.4 is 5.32 Å². The highest BCUT2D eigenvalue weighted by atomic mass is 32.1. The molecule has 0 aliphatic carbocycles. The lowest BCUT2D eigenvalue weighted by Crippen LogP contribution is -2.27. The van der Waals surface area contributed by atoms with E-state index >= 15 is 0 Å². The molecule has 0 bridgehead atoms. The maximum absolute atomic E-state index is 12.0. The van der Waals surface area contributed by atoms with Gasteiger partial charge < -0.3 is 5.32 Å². The Morgan fingerprint density at radius 1 is 1.59 bits per heavy atom. The second kappa shape index (κ2) is 5.14. The lowest BCUT2D eigenvalue weighted by Gasteiger charge is -2.07. The minimum absolute atomic E-state index is 0.0733. The van der Waals surface area contributed by atoms with Gasteiger partial charge in [-0.2, -0.15) is 5.10 Å². The Balaban J connectivity index is 2.17. The number of rotatable bonds is 4. The summed E-state index contributed by atoms with van der Waals surface area (Å²) < 4.78 is 0. The van der Waals surface area contributed by atoms with E-state index in [2.05, 4.69) is 29.4 Å². The van der Waals surface area contributed by atoms with Gasteiger partial charge in [0.15, 0.2) is 0 Å². The van der Waals surface area contributed by atoms with Crippen LogP contribution >= 0.6 is 11.3 Å². The number of carbonyl (C=O) groups is 1. The molecule has 0 saturated heterocycles. The van der Waals surface area contributed by atoms with Gasteiger partial charge in [0.05, 0.1) is 22.3 Å². The Labute approximate surface area is 104 Å². The van der Waals surface area contributed by atoms with Gasteiger partial charge in [-0.05, 0) is 17.4 Å². The Hall–Kier alpha value is -1.62. The van der Waals surface area contributed by atoms with Crippen molar-refractivity contribution in [1.29, 1.82) is 0 Å². The molecule has 2 rings (SSSR count). The molecule has 0 spiro atoms. The number of hydrogen-bond donors (Lipinski definition) is 2. The number of H-pyrrole nitrogens is 1. The lowest BCUT2D eigenvalue weighted by atomic mass is 10.2. The van der Waals surface area contributed by atoms with Crippen molar-refractivity contribution in [3.05, 3.63) is 29.3 Å². The minimum atomic E-state index is -0.0733. The number of nitrogens with zero attached hydrogens (tertiary/aromatic N) is 1. The molecule has 0 aromatic carbocycles. The second-order valence-electron chi connectivity index (χ2n) is 4.24. The zero-order valence-electron chi connectivity index (χ0n) is 9.86. The average molecular weight is 249 g/mol. The van der Waals surface area contributed by atoms with Crippen molar-refractivity contribution >= 4 is 17.2 Å². The van der Waals surface area contributed by atoms with E-state index < -0.39 is 0 Å². The fourth-order valence-corrected chi connectivity index (χ4v) is 2.19. The second-order valence-corrected chi connectivity index (χ2v) is 5.19. The maximum Gasteiger partial charge on any atom is 0.255 e. The molecule has 5 heteroatoms. The molecule has 2 heterocycles. The fraction of sp³-hybridized carbons (Fsp3) is 0.333. The van der Waals surface area contributed by atoms with Crippen LogP contribution in [0.2, 0.25) is 0 Å². The summed E-state index contributed by atoms with van der Waals surface area (Å²) in [5.74, 6) is 0.367. The van der Waals surface area contributed by atoms with Crippen molar-refractivity contribution in [2.75, 3.05) is 6.54 Å². The fourth-order valence-electron chi connectivity index (χ4n) is 1.46. The van der Waals surface area contributed by atoms with E-state index in [1.807, 2.05) is 17.5 Å². The zero-order chi connectivity index (χ0) is 12.3. The predicted octanol–water partition coefficient (Wildman–Crippen LogP) is 2.52. The maximum atomic E-state index is 12.0. The molecule has 2 aromatic heterocycles. The number of amides is 1. The van der Waals surface area contributed by atoms with Crippen molar-refractivity contribution in [3.8, 4) is 10.6 Å². The van der Waals surface area contributed by atoms with Crippen molar-refractivity contribution < 1.29 is 4.79 Å². The normalized spacial score (nSPS) is 10.8. The van der Waals surface area contributed by atoms with Gasteiger partial charge in [-0.15, -0.1) is 11.3 Å². The van der Waals surface area contributed by atoms with Gasteiger partial charge in [-0.1, -0.05) is 19.9 Å². The molecule has 0 fully saturated rings. The molecule has 0 aliphatic rings. The van der Waals surface area contributed by atoms with Gasteiger partial charge >= 0.3 is 0 Å². The van der Waals surface area contributed by atoms with E-state index in [0.717, 1.165) is 10.6 Å². The molecule has 90 valence electrons. The van der Waals surface area contributed by atoms with E-state index in [9.17, 15) is 4.79 Å². The Kier molecular flexibility index (Phi) is 3.58. The number of aromatic amines is 1. The van der Waals surface area contributed by atoms with Crippen LogP contribution in [0.4, 0.5) is 0 Å². The van der Waals surface area contributed by atoms with E-state index in [-0.39, 0.29) is 5.91 Å². The van der Waals surface area contributed by atoms with Crippen LogP contribution in [-0.2, 0) is 0 Å². The first kappa shape index (κ1) is 11.9. The molecule has 0 saturated carbocycles. The third kappa shape index (κ3) is 2.74. The lowest BCUT2D eigenvalue weighted by molar-refractivity contribution is 0.0950. The van der Waals surface area contributed by atoms with E-state index in [1.165, 1.54) is 0 Å². The number of nitrogens with one attached hydrogen (secondary N) is 2. The van der Waals surface area contributed by atoms with E-state index in [0.29, 0.717) is 18.0 Å². The molecule has 0 atom stereocenters. The summed E-state index contributed by atoms with van der Waals surface area (Å²) in [5, 5.41) is 11.7. The van der Waals surface area contributed by atoms with Gasteiger partial charge in [-0.3, -0.25) is 9.89 Å². The SMILES string of the molecule is CC(C)CNC(=O)c1cn[nH]c1-c1cccs1. The summed E-state index contributed by atoms with van der Waals surface area (Å²) in [6, 6.07) is 3.92. The third-order valence-corrected chi connectivity index (χ3v) is 3.21. The van der Waals surface area contributed by atoms with Crippen LogP contribution in [0.15, 0.2) is 23.7 Å². The molecule has 17 heavy (non-hydrogen) atoms. The highest BCUT2D eigenvalue weighted by Crippen LogP contribution is 2.25. The van der Waals surface area contributed by atoms with Gasteiger partial charge in [0.1, 0.15) is 0 Å². The zero-order valence-corrected chi connectivity index (χ0v) is 10.7. The van der Waals surface area contributed by atoms with Gasteiger partial charge in [0.25, 0.3) is 5.91 Å². The van der Waals surface area contributed by atoms with Crippen molar-refractivity contribution in [2.45, 2.75) is 13.8 Å². The van der Waals surface area contributed by atoms with E-state index in [4.69, 9.17) is 0 Å². The highest BCUT2D eigenvalue weighted by Gasteiger charge is 2.15. The third-order valence-electron chi connectivity index (χ3n) is 2.32. The molecule has 0 radical (unpaired) electrons. The van der Waals surface area contributed by atoms with Crippen LogP contribution in [0.1, 0.15) is 24.2 Å².